The fraction of sp³-hybridized carbons (Fsp3) is 0.263. The van der Waals surface area contributed by atoms with Crippen LogP contribution in [0.3, 0.4) is 0 Å². The molecule has 2 aliphatic rings. The van der Waals surface area contributed by atoms with Crippen molar-refractivity contribution in [1.29, 1.82) is 0 Å². The highest BCUT2D eigenvalue weighted by Crippen LogP contribution is 2.46. The number of nitrogens with zero attached hydrogens (tertiary/aromatic N) is 3. The van der Waals surface area contributed by atoms with E-state index in [-0.39, 0.29) is 0 Å². The van der Waals surface area contributed by atoms with Crippen LogP contribution in [0.2, 0.25) is 0 Å². The molecule has 0 aromatic heterocycles. The summed E-state index contributed by atoms with van der Waals surface area (Å²) in [6.45, 7) is 3.15. The molecule has 2 heterocycles. The van der Waals surface area contributed by atoms with Gasteiger partial charge in [0.1, 0.15) is 0 Å². The van der Waals surface area contributed by atoms with Gasteiger partial charge in [-0.2, -0.15) is 0 Å². The van der Waals surface area contributed by atoms with Crippen molar-refractivity contribution in [2.75, 3.05) is 6.67 Å². The summed E-state index contributed by atoms with van der Waals surface area (Å²) in [6, 6.07) is 17.3. The lowest BCUT2D eigenvalue weighted by atomic mass is 9.90. The quantitative estimate of drug-likeness (QED) is 0.507. The zero-order valence-electron chi connectivity index (χ0n) is 13.7. The molecule has 0 saturated heterocycles. The molecular weight excluding hydrogens is 298 g/mol. The van der Waals surface area contributed by atoms with Crippen molar-refractivity contribution >= 4 is 11.4 Å². The lowest BCUT2D eigenvalue weighted by molar-refractivity contribution is 0.296. The second kappa shape index (κ2) is 6.00. The maximum Gasteiger partial charge on any atom is 0.0879 e. The van der Waals surface area contributed by atoms with Crippen LogP contribution in [0.4, 0.5) is 5.69 Å². The van der Waals surface area contributed by atoms with E-state index in [2.05, 4.69) is 70.1 Å². The van der Waals surface area contributed by atoms with Crippen LogP contribution in [0.1, 0.15) is 42.0 Å². The highest BCUT2D eigenvalue weighted by Gasteiger charge is 2.36. The summed E-state index contributed by atoms with van der Waals surface area (Å²) in [5.41, 5.74) is 6.16. The summed E-state index contributed by atoms with van der Waals surface area (Å²) in [5, 5.41) is 10.7. The molecule has 0 radical (unpaired) electrons. The third-order valence-corrected chi connectivity index (χ3v) is 4.97. The Morgan fingerprint density at radius 3 is 3.00 bits per heavy atom. The van der Waals surface area contributed by atoms with E-state index in [0.29, 0.717) is 12.0 Å². The molecule has 0 fully saturated rings. The average molecular weight is 319 g/mol. The minimum atomic E-state index is 0.400. The first-order valence-corrected chi connectivity index (χ1v) is 8.28. The first-order chi connectivity index (χ1) is 11.8. The number of hydrogen-bond donors (Lipinski definition) is 2. The zero-order chi connectivity index (χ0) is 16.5. The van der Waals surface area contributed by atoms with Gasteiger partial charge in [-0.15, -0.1) is 5.11 Å². The van der Waals surface area contributed by atoms with E-state index in [1.165, 1.54) is 22.4 Å². The topological polar surface area (TPSA) is 66.0 Å². The Bertz CT molecular complexity index is 811. The Morgan fingerprint density at radius 2 is 2.12 bits per heavy atom. The molecule has 2 aromatic carbocycles. The van der Waals surface area contributed by atoms with Gasteiger partial charge in [-0.1, -0.05) is 48.5 Å². The monoisotopic (exact) mass is 319 g/mol. The third kappa shape index (κ3) is 2.42. The van der Waals surface area contributed by atoms with Crippen molar-refractivity contribution in [2.24, 2.45) is 16.2 Å². The molecule has 0 amide bonds. The Kier molecular flexibility index (Phi) is 3.69. The molecule has 24 heavy (non-hydrogen) atoms. The van der Waals surface area contributed by atoms with Crippen LogP contribution in [0.5, 0.6) is 0 Å². The standard InChI is InChI=1S/C19H21N5/c1-13(14-5-4-6-15(10-14)22-23-20)9-18-16-7-2-3-8-17(16)19-11-21-12-24(18)19/h2-8,10-11,13,18,21H,9,12H2,1H3,(H2,20,22). The van der Waals surface area contributed by atoms with Crippen LogP contribution < -0.4 is 11.2 Å². The van der Waals surface area contributed by atoms with E-state index in [0.717, 1.165) is 18.8 Å². The Hall–Kier alpha value is -2.82. The van der Waals surface area contributed by atoms with E-state index >= 15 is 0 Å². The second-order valence-corrected chi connectivity index (χ2v) is 6.41. The molecule has 0 spiro atoms. The number of fused-ring (bicyclic) bond motifs is 3. The summed E-state index contributed by atoms with van der Waals surface area (Å²) in [4.78, 5) is 2.46. The van der Waals surface area contributed by atoms with Gasteiger partial charge in [0.25, 0.3) is 0 Å². The lowest BCUT2D eigenvalue weighted by Gasteiger charge is -2.27. The molecular formula is C19H21N5. The van der Waals surface area contributed by atoms with E-state index < -0.39 is 0 Å². The minimum absolute atomic E-state index is 0.400. The van der Waals surface area contributed by atoms with Gasteiger partial charge < -0.3 is 16.1 Å². The van der Waals surface area contributed by atoms with E-state index in [4.69, 9.17) is 5.84 Å². The number of nitrogens with two attached hydrogens (primary N) is 1. The van der Waals surface area contributed by atoms with Crippen LogP contribution in [0.25, 0.3) is 5.70 Å². The molecule has 122 valence electrons. The van der Waals surface area contributed by atoms with Crippen molar-refractivity contribution in [3.63, 3.8) is 0 Å². The van der Waals surface area contributed by atoms with E-state index in [1.807, 2.05) is 12.1 Å². The maximum atomic E-state index is 5.17. The normalized spacial score (nSPS) is 19.8. The van der Waals surface area contributed by atoms with Crippen LogP contribution >= 0.6 is 0 Å². The van der Waals surface area contributed by atoms with Gasteiger partial charge >= 0.3 is 0 Å². The molecule has 2 atom stereocenters. The summed E-state index contributed by atoms with van der Waals surface area (Å²) in [6.07, 6.45) is 3.19. The van der Waals surface area contributed by atoms with Gasteiger partial charge in [-0.05, 0) is 35.6 Å². The van der Waals surface area contributed by atoms with Crippen molar-refractivity contribution in [3.05, 3.63) is 71.4 Å². The summed E-state index contributed by atoms with van der Waals surface area (Å²) < 4.78 is 0. The molecule has 5 nitrogen and oxygen atoms in total. The summed E-state index contributed by atoms with van der Waals surface area (Å²) in [5.74, 6) is 5.58. The third-order valence-electron chi connectivity index (χ3n) is 4.97. The van der Waals surface area contributed by atoms with Crippen LogP contribution in [-0.4, -0.2) is 11.6 Å². The van der Waals surface area contributed by atoms with Crippen LogP contribution in [0.15, 0.2) is 65.1 Å². The molecule has 0 aliphatic carbocycles. The predicted molar refractivity (Wildman–Crippen MR) is 95.2 cm³/mol. The number of nitrogens with one attached hydrogen (secondary N) is 1. The predicted octanol–water partition coefficient (Wildman–Crippen LogP) is 4.05. The van der Waals surface area contributed by atoms with Crippen LogP contribution in [0, 0.1) is 0 Å². The maximum absolute atomic E-state index is 5.17. The number of rotatable bonds is 4. The smallest absolute Gasteiger partial charge is 0.0879 e. The van der Waals surface area contributed by atoms with Gasteiger partial charge in [-0.3, -0.25) is 0 Å². The molecule has 4 rings (SSSR count). The minimum Gasteiger partial charge on any atom is -0.372 e. The highest BCUT2D eigenvalue weighted by atomic mass is 15.3. The van der Waals surface area contributed by atoms with Gasteiger partial charge in [0.15, 0.2) is 0 Å². The molecule has 2 unspecified atom stereocenters. The zero-order valence-corrected chi connectivity index (χ0v) is 13.7. The molecule has 5 heteroatoms. The van der Waals surface area contributed by atoms with Crippen molar-refractivity contribution in [2.45, 2.75) is 25.3 Å². The first kappa shape index (κ1) is 14.8. The van der Waals surface area contributed by atoms with Crippen molar-refractivity contribution in [1.82, 2.24) is 10.2 Å². The molecule has 0 bridgehead atoms. The van der Waals surface area contributed by atoms with Crippen molar-refractivity contribution in [3.8, 4) is 0 Å². The number of hydrogen-bond acceptors (Lipinski definition) is 4. The lowest BCUT2D eigenvalue weighted by Crippen LogP contribution is -2.25. The Labute approximate surface area is 141 Å². The van der Waals surface area contributed by atoms with Gasteiger partial charge in [0.05, 0.1) is 24.1 Å². The first-order valence-electron chi connectivity index (χ1n) is 8.28. The highest BCUT2D eigenvalue weighted by molar-refractivity contribution is 5.73. The average Bonchev–Trinajstić information content (AvgIpc) is 3.18. The Morgan fingerprint density at radius 1 is 1.25 bits per heavy atom. The largest absolute Gasteiger partial charge is 0.372 e. The van der Waals surface area contributed by atoms with Crippen LogP contribution in [-0.2, 0) is 0 Å². The van der Waals surface area contributed by atoms with Gasteiger partial charge in [0, 0.05) is 11.8 Å². The number of benzene rings is 2. The molecule has 2 aliphatic heterocycles. The van der Waals surface area contributed by atoms with Crippen molar-refractivity contribution < 1.29 is 0 Å². The fourth-order valence-electron chi connectivity index (χ4n) is 3.79. The van der Waals surface area contributed by atoms with Gasteiger partial charge in [0.2, 0.25) is 0 Å². The SMILES string of the molecule is CC(CC1c2ccccc2C2=CNCN21)c1cccc(N=NN)c1. The molecule has 3 N–H and O–H groups in total. The second-order valence-electron chi connectivity index (χ2n) is 6.41. The summed E-state index contributed by atoms with van der Waals surface area (Å²) >= 11 is 0. The molecule has 0 saturated carbocycles. The van der Waals surface area contributed by atoms with E-state index in [1.54, 1.807) is 0 Å². The summed E-state index contributed by atoms with van der Waals surface area (Å²) in [7, 11) is 0. The Balaban J connectivity index is 1.61. The molecule has 2 aromatic rings. The fourth-order valence-corrected chi connectivity index (χ4v) is 3.79. The van der Waals surface area contributed by atoms with Gasteiger partial charge in [-0.25, -0.2) is 0 Å². The van der Waals surface area contributed by atoms with E-state index in [9.17, 15) is 0 Å².